The summed E-state index contributed by atoms with van der Waals surface area (Å²) in [6, 6.07) is 3.48. The molecule has 0 unspecified atom stereocenters. The van der Waals surface area contributed by atoms with Crippen LogP contribution in [-0.2, 0) is 0 Å². The predicted molar refractivity (Wildman–Crippen MR) is 73.8 cm³/mol. The first-order chi connectivity index (χ1) is 9.36. The van der Waals surface area contributed by atoms with Gasteiger partial charge in [-0.05, 0) is 12.1 Å². The summed E-state index contributed by atoms with van der Waals surface area (Å²) in [7, 11) is 0. The molecule has 0 saturated carbocycles. The fourth-order valence-electron chi connectivity index (χ4n) is 1.55. The average Bonchev–Trinajstić information content (AvgIpc) is 2.36. The Morgan fingerprint density at radius 1 is 1.50 bits per heavy atom. The van der Waals surface area contributed by atoms with Crippen LogP contribution in [0.1, 0.15) is 10.4 Å². The Balaban J connectivity index is 3.14. The van der Waals surface area contributed by atoms with E-state index in [4.69, 9.17) is 11.6 Å². The third kappa shape index (κ3) is 4.38. The van der Waals surface area contributed by atoms with Crippen molar-refractivity contribution in [3.05, 3.63) is 38.9 Å². The van der Waals surface area contributed by atoms with Gasteiger partial charge in [0.15, 0.2) is 0 Å². The van der Waals surface area contributed by atoms with Gasteiger partial charge in [0.05, 0.1) is 11.5 Å². The molecule has 0 bridgehead atoms. The van der Waals surface area contributed by atoms with Crippen LogP contribution in [0.3, 0.4) is 0 Å². The summed E-state index contributed by atoms with van der Waals surface area (Å²) in [6.07, 6.45) is -2.72. The lowest BCUT2D eigenvalue weighted by Gasteiger charge is -2.21. The fourth-order valence-corrected chi connectivity index (χ4v) is 2.15. The quantitative estimate of drug-likeness (QED) is 0.438. The van der Waals surface area contributed by atoms with Crippen molar-refractivity contribution in [2.75, 3.05) is 18.4 Å². The van der Waals surface area contributed by atoms with E-state index in [1.807, 2.05) is 0 Å². The largest absolute Gasteiger partial charge is 0.332 e. The number of hydrogen-bond acceptors (Lipinski definition) is 3. The first-order valence-electron chi connectivity index (χ1n) is 5.44. The van der Waals surface area contributed by atoms with E-state index in [1.165, 1.54) is 6.07 Å². The molecule has 0 aromatic heterocycles. The molecule has 0 heterocycles. The van der Waals surface area contributed by atoms with E-state index in [2.05, 4.69) is 15.9 Å². The molecule has 20 heavy (non-hydrogen) atoms. The fraction of sp³-hybridized carbons (Fsp3) is 0.364. The van der Waals surface area contributed by atoms with Gasteiger partial charge in [-0.3, -0.25) is 14.9 Å². The number of halogens is 4. The molecule has 1 aromatic rings. The zero-order valence-corrected chi connectivity index (χ0v) is 12.4. The van der Waals surface area contributed by atoms with Gasteiger partial charge >= 0.3 is 0 Å². The van der Waals surface area contributed by atoms with Crippen LogP contribution in [0.4, 0.5) is 14.5 Å². The molecule has 0 aliphatic rings. The van der Waals surface area contributed by atoms with Gasteiger partial charge < -0.3 is 4.90 Å². The Labute approximate surface area is 126 Å². The number of nitro groups is 1. The highest BCUT2D eigenvalue weighted by molar-refractivity contribution is 9.09. The SMILES string of the molecule is O=C(c1ccc(Cl)cc1[N+](=O)[O-])N(CCBr)CC(F)F. The van der Waals surface area contributed by atoms with Gasteiger partial charge in [-0.15, -0.1) is 0 Å². The first-order valence-corrected chi connectivity index (χ1v) is 6.94. The van der Waals surface area contributed by atoms with Crippen LogP contribution in [-0.4, -0.2) is 40.6 Å². The summed E-state index contributed by atoms with van der Waals surface area (Å²) >= 11 is 8.68. The maximum atomic E-state index is 12.4. The number of carbonyl (C=O) groups is 1. The number of hydrogen-bond donors (Lipinski definition) is 0. The second-order valence-electron chi connectivity index (χ2n) is 3.75. The Hall–Kier alpha value is -1.28. The molecule has 5 nitrogen and oxygen atoms in total. The molecule has 0 aliphatic carbocycles. The van der Waals surface area contributed by atoms with Gasteiger partial charge in [-0.2, -0.15) is 0 Å². The van der Waals surface area contributed by atoms with Gasteiger partial charge in [-0.1, -0.05) is 27.5 Å². The smallest absolute Gasteiger partial charge is 0.283 e. The first kappa shape index (κ1) is 16.8. The van der Waals surface area contributed by atoms with Gasteiger partial charge in [0.25, 0.3) is 18.0 Å². The van der Waals surface area contributed by atoms with Gasteiger partial charge in [0, 0.05) is 23.0 Å². The normalized spacial score (nSPS) is 10.7. The number of alkyl halides is 3. The van der Waals surface area contributed by atoms with Crippen molar-refractivity contribution in [3.63, 3.8) is 0 Å². The molecule has 1 aromatic carbocycles. The zero-order valence-electron chi connectivity index (χ0n) is 10.1. The molecule has 0 spiro atoms. The van der Waals surface area contributed by atoms with Crippen LogP contribution >= 0.6 is 27.5 Å². The van der Waals surface area contributed by atoms with E-state index >= 15 is 0 Å². The third-order valence-corrected chi connectivity index (χ3v) is 2.98. The van der Waals surface area contributed by atoms with Gasteiger partial charge in [0.1, 0.15) is 5.56 Å². The molecule has 0 aliphatic heterocycles. The summed E-state index contributed by atoms with van der Waals surface area (Å²) in [4.78, 5) is 23.1. The molecular formula is C11H10BrClF2N2O3. The minimum Gasteiger partial charge on any atom is -0.332 e. The van der Waals surface area contributed by atoms with E-state index in [9.17, 15) is 23.7 Å². The Kier molecular flexibility index (Phi) is 6.28. The standard InChI is InChI=1S/C11H10BrClF2N2O3/c12-3-4-16(6-10(14)15)11(18)8-2-1-7(13)5-9(8)17(19)20/h1-2,5,10H,3-4,6H2. The molecule has 0 atom stereocenters. The van der Waals surface area contributed by atoms with E-state index < -0.39 is 29.5 Å². The highest BCUT2D eigenvalue weighted by Gasteiger charge is 2.26. The van der Waals surface area contributed by atoms with Crippen LogP contribution in [0.15, 0.2) is 18.2 Å². The summed E-state index contributed by atoms with van der Waals surface area (Å²) in [5.41, 5.74) is -0.766. The van der Waals surface area contributed by atoms with Gasteiger partial charge in [0.2, 0.25) is 0 Å². The van der Waals surface area contributed by atoms with Gasteiger partial charge in [-0.25, -0.2) is 8.78 Å². The highest BCUT2D eigenvalue weighted by Crippen LogP contribution is 2.24. The molecular weight excluding hydrogens is 361 g/mol. The second-order valence-corrected chi connectivity index (χ2v) is 4.98. The summed E-state index contributed by atoms with van der Waals surface area (Å²) in [5, 5.41) is 11.3. The van der Waals surface area contributed by atoms with Crippen molar-refractivity contribution < 1.29 is 18.5 Å². The van der Waals surface area contributed by atoms with Crippen molar-refractivity contribution in [2.24, 2.45) is 0 Å². The lowest BCUT2D eigenvalue weighted by Crippen LogP contribution is -2.36. The summed E-state index contributed by atoms with van der Waals surface area (Å²) < 4.78 is 24.9. The van der Waals surface area contributed by atoms with Crippen LogP contribution < -0.4 is 0 Å². The maximum Gasteiger partial charge on any atom is 0.283 e. The van der Waals surface area contributed by atoms with Crippen molar-refractivity contribution in [3.8, 4) is 0 Å². The Morgan fingerprint density at radius 3 is 2.65 bits per heavy atom. The predicted octanol–water partition coefficient (Wildman–Crippen LogP) is 3.35. The van der Waals surface area contributed by atoms with Crippen LogP contribution in [0, 0.1) is 10.1 Å². The number of nitrogens with zero attached hydrogens (tertiary/aromatic N) is 2. The van der Waals surface area contributed by atoms with Crippen molar-refractivity contribution >= 4 is 39.1 Å². The second kappa shape index (κ2) is 7.49. The molecule has 0 saturated heterocycles. The molecule has 0 radical (unpaired) electrons. The van der Waals surface area contributed by atoms with Crippen LogP contribution in [0.25, 0.3) is 0 Å². The Bertz CT molecular complexity index is 516. The molecule has 1 amide bonds. The van der Waals surface area contributed by atoms with E-state index in [-0.39, 0.29) is 22.5 Å². The number of rotatable bonds is 6. The van der Waals surface area contributed by atoms with Crippen molar-refractivity contribution in [1.29, 1.82) is 0 Å². The van der Waals surface area contributed by atoms with E-state index in [0.717, 1.165) is 17.0 Å². The van der Waals surface area contributed by atoms with Crippen molar-refractivity contribution in [2.45, 2.75) is 6.43 Å². The molecule has 110 valence electrons. The van der Waals surface area contributed by atoms with Crippen LogP contribution in [0.5, 0.6) is 0 Å². The summed E-state index contributed by atoms with van der Waals surface area (Å²) in [6.45, 7) is -0.771. The lowest BCUT2D eigenvalue weighted by molar-refractivity contribution is -0.385. The van der Waals surface area contributed by atoms with Crippen LogP contribution in [0.2, 0.25) is 5.02 Å². The average molecular weight is 372 g/mol. The monoisotopic (exact) mass is 370 g/mol. The lowest BCUT2D eigenvalue weighted by atomic mass is 10.1. The number of nitro benzene ring substituents is 1. The zero-order chi connectivity index (χ0) is 15.3. The molecule has 0 N–H and O–H groups in total. The number of amides is 1. The third-order valence-electron chi connectivity index (χ3n) is 2.39. The van der Waals surface area contributed by atoms with E-state index in [0.29, 0.717) is 0 Å². The van der Waals surface area contributed by atoms with E-state index in [1.54, 1.807) is 0 Å². The Morgan fingerprint density at radius 2 is 2.15 bits per heavy atom. The molecule has 0 fully saturated rings. The van der Waals surface area contributed by atoms with Crippen molar-refractivity contribution in [1.82, 2.24) is 4.90 Å². The minimum absolute atomic E-state index is 0.0168. The number of benzene rings is 1. The molecule has 9 heteroatoms. The maximum absolute atomic E-state index is 12.4. The number of carbonyl (C=O) groups excluding carboxylic acids is 1. The highest BCUT2D eigenvalue weighted by atomic mass is 79.9. The summed E-state index contributed by atoms with van der Waals surface area (Å²) in [5.74, 6) is -0.826. The molecule has 1 rings (SSSR count). The topological polar surface area (TPSA) is 63.4 Å². The minimum atomic E-state index is -2.72.